The van der Waals surface area contributed by atoms with Gasteiger partial charge in [0.25, 0.3) is 5.91 Å². The molecule has 0 aliphatic heterocycles. The zero-order chi connectivity index (χ0) is 15.2. The van der Waals surface area contributed by atoms with Gasteiger partial charge in [-0.3, -0.25) is 9.20 Å². The van der Waals surface area contributed by atoms with Gasteiger partial charge >= 0.3 is 0 Å². The third kappa shape index (κ3) is 3.60. The lowest BCUT2D eigenvalue weighted by Crippen LogP contribution is -2.33. The summed E-state index contributed by atoms with van der Waals surface area (Å²) in [5.74, 6) is 0.929. The number of pyridine rings is 1. The Balaban J connectivity index is 2.19. The molecule has 0 bridgehead atoms. The lowest BCUT2D eigenvalue weighted by atomic mass is 10.2. The van der Waals surface area contributed by atoms with Gasteiger partial charge in [-0.05, 0) is 31.9 Å². The van der Waals surface area contributed by atoms with E-state index >= 15 is 0 Å². The molecule has 0 aliphatic carbocycles. The van der Waals surface area contributed by atoms with Crippen molar-refractivity contribution in [1.82, 2.24) is 19.5 Å². The van der Waals surface area contributed by atoms with E-state index in [0.29, 0.717) is 5.56 Å². The average molecular weight is 288 g/mol. The highest BCUT2D eigenvalue weighted by atomic mass is 16.2. The molecule has 0 aliphatic rings. The Labute approximate surface area is 126 Å². The van der Waals surface area contributed by atoms with E-state index in [1.807, 2.05) is 34.6 Å². The van der Waals surface area contributed by atoms with Gasteiger partial charge in [-0.15, -0.1) is 10.2 Å². The van der Waals surface area contributed by atoms with Crippen LogP contribution in [0.3, 0.4) is 0 Å². The molecular formula is C16H24N4O. The second-order valence-electron chi connectivity index (χ2n) is 5.39. The zero-order valence-electron chi connectivity index (χ0n) is 13.2. The van der Waals surface area contributed by atoms with Crippen molar-refractivity contribution in [1.29, 1.82) is 0 Å². The number of rotatable bonds is 7. The maximum atomic E-state index is 12.7. The largest absolute Gasteiger partial charge is 0.339 e. The summed E-state index contributed by atoms with van der Waals surface area (Å²) < 4.78 is 1.89. The Morgan fingerprint density at radius 3 is 2.48 bits per heavy atom. The lowest BCUT2D eigenvalue weighted by molar-refractivity contribution is 0.0751. The number of hydrogen-bond acceptors (Lipinski definition) is 3. The van der Waals surface area contributed by atoms with E-state index < -0.39 is 0 Å². The minimum atomic E-state index is 0.0973. The molecule has 0 unspecified atom stereocenters. The molecule has 0 atom stereocenters. The van der Waals surface area contributed by atoms with Crippen LogP contribution in [-0.4, -0.2) is 38.5 Å². The summed E-state index contributed by atoms with van der Waals surface area (Å²) in [7, 11) is 0. The topological polar surface area (TPSA) is 50.5 Å². The van der Waals surface area contributed by atoms with Crippen molar-refractivity contribution in [3.05, 3.63) is 29.7 Å². The molecule has 5 heteroatoms. The van der Waals surface area contributed by atoms with Crippen LogP contribution >= 0.6 is 0 Å². The molecule has 2 aromatic heterocycles. The maximum Gasteiger partial charge on any atom is 0.254 e. The molecule has 0 saturated carbocycles. The summed E-state index contributed by atoms with van der Waals surface area (Å²) >= 11 is 0. The van der Waals surface area contributed by atoms with Gasteiger partial charge in [-0.25, -0.2) is 0 Å². The van der Waals surface area contributed by atoms with E-state index in [1.165, 1.54) is 0 Å². The van der Waals surface area contributed by atoms with Crippen LogP contribution in [0.2, 0.25) is 0 Å². The van der Waals surface area contributed by atoms with E-state index in [-0.39, 0.29) is 5.91 Å². The Morgan fingerprint density at radius 2 is 1.86 bits per heavy atom. The number of amides is 1. The third-order valence-corrected chi connectivity index (χ3v) is 3.68. The molecule has 0 radical (unpaired) electrons. The van der Waals surface area contributed by atoms with Gasteiger partial charge in [-0.2, -0.15) is 0 Å². The first-order chi connectivity index (χ1) is 10.2. The predicted octanol–water partition coefficient (Wildman–Crippen LogP) is 3.08. The minimum absolute atomic E-state index is 0.0973. The van der Waals surface area contributed by atoms with Crippen molar-refractivity contribution in [3.8, 4) is 0 Å². The van der Waals surface area contributed by atoms with E-state index in [4.69, 9.17) is 0 Å². The maximum absolute atomic E-state index is 12.7. The normalized spacial score (nSPS) is 11.0. The van der Waals surface area contributed by atoms with Crippen LogP contribution in [0, 0.1) is 6.92 Å². The summed E-state index contributed by atoms with van der Waals surface area (Å²) in [5.41, 5.74) is 1.42. The Kier molecular flexibility index (Phi) is 5.31. The molecule has 0 fully saturated rings. The molecule has 0 N–H and O–H groups in total. The standard InChI is InChI=1S/C16H24N4O/c1-4-6-9-19(10-7-5-2)16(21)14-8-11-20-13(3)17-18-15(20)12-14/h8,11-12H,4-7,9-10H2,1-3H3. The van der Waals surface area contributed by atoms with Crippen molar-refractivity contribution in [3.63, 3.8) is 0 Å². The fourth-order valence-electron chi connectivity index (χ4n) is 2.34. The highest BCUT2D eigenvalue weighted by molar-refractivity contribution is 5.95. The molecule has 5 nitrogen and oxygen atoms in total. The van der Waals surface area contributed by atoms with Gasteiger partial charge in [0.1, 0.15) is 5.82 Å². The summed E-state index contributed by atoms with van der Waals surface area (Å²) in [6.07, 6.45) is 6.15. The van der Waals surface area contributed by atoms with Gasteiger partial charge in [0.15, 0.2) is 5.65 Å². The van der Waals surface area contributed by atoms with Crippen molar-refractivity contribution < 1.29 is 4.79 Å². The summed E-state index contributed by atoms with van der Waals surface area (Å²) in [4.78, 5) is 14.6. The second kappa shape index (κ2) is 7.20. The lowest BCUT2D eigenvalue weighted by Gasteiger charge is -2.22. The molecule has 2 rings (SSSR count). The first-order valence-electron chi connectivity index (χ1n) is 7.78. The average Bonchev–Trinajstić information content (AvgIpc) is 2.88. The minimum Gasteiger partial charge on any atom is -0.339 e. The van der Waals surface area contributed by atoms with Crippen LogP contribution in [-0.2, 0) is 0 Å². The van der Waals surface area contributed by atoms with Gasteiger partial charge in [0, 0.05) is 24.8 Å². The van der Waals surface area contributed by atoms with Gasteiger partial charge in [-0.1, -0.05) is 26.7 Å². The molecule has 21 heavy (non-hydrogen) atoms. The summed E-state index contributed by atoms with van der Waals surface area (Å²) in [5, 5.41) is 8.12. The van der Waals surface area contributed by atoms with Crippen LogP contribution in [0.4, 0.5) is 0 Å². The third-order valence-electron chi connectivity index (χ3n) is 3.68. The highest BCUT2D eigenvalue weighted by Gasteiger charge is 2.16. The second-order valence-corrected chi connectivity index (χ2v) is 5.39. The molecule has 114 valence electrons. The number of fused-ring (bicyclic) bond motifs is 1. The first-order valence-corrected chi connectivity index (χ1v) is 7.78. The first kappa shape index (κ1) is 15.5. The quantitative estimate of drug-likeness (QED) is 0.786. The van der Waals surface area contributed by atoms with Crippen molar-refractivity contribution >= 4 is 11.6 Å². The molecule has 2 heterocycles. The van der Waals surface area contributed by atoms with E-state index in [2.05, 4.69) is 24.0 Å². The SMILES string of the molecule is CCCCN(CCCC)C(=O)c1ccn2c(C)nnc2c1. The van der Waals surface area contributed by atoms with Crippen LogP contribution in [0.25, 0.3) is 5.65 Å². The molecule has 0 aromatic carbocycles. The summed E-state index contributed by atoms with van der Waals surface area (Å²) in [6.45, 7) is 7.84. The number of carbonyl (C=O) groups excluding carboxylic acids is 1. The van der Waals surface area contributed by atoms with Crippen molar-refractivity contribution in [2.45, 2.75) is 46.5 Å². The smallest absolute Gasteiger partial charge is 0.254 e. The monoisotopic (exact) mass is 288 g/mol. The van der Waals surface area contributed by atoms with Gasteiger partial charge in [0.2, 0.25) is 0 Å². The van der Waals surface area contributed by atoms with Gasteiger partial charge in [0.05, 0.1) is 0 Å². The van der Waals surface area contributed by atoms with Crippen LogP contribution in [0.15, 0.2) is 18.3 Å². The number of unbranched alkanes of at least 4 members (excludes halogenated alkanes) is 2. The zero-order valence-corrected chi connectivity index (χ0v) is 13.2. The highest BCUT2D eigenvalue weighted by Crippen LogP contribution is 2.11. The molecule has 0 saturated heterocycles. The molecule has 0 spiro atoms. The van der Waals surface area contributed by atoms with Crippen LogP contribution < -0.4 is 0 Å². The van der Waals surface area contributed by atoms with E-state index in [0.717, 1.165) is 50.2 Å². The molecule has 1 amide bonds. The fraction of sp³-hybridized carbons (Fsp3) is 0.562. The number of carbonyl (C=O) groups is 1. The van der Waals surface area contributed by atoms with Crippen molar-refractivity contribution in [2.75, 3.05) is 13.1 Å². The van der Waals surface area contributed by atoms with E-state index in [9.17, 15) is 4.79 Å². The number of nitrogens with zero attached hydrogens (tertiary/aromatic N) is 4. The van der Waals surface area contributed by atoms with Crippen molar-refractivity contribution in [2.24, 2.45) is 0 Å². The Morgan fingerprint density at radius 1 is 1.19 bits per heavy atom. The number of hydrogen-bond donors (Lipinski definition) is 0. The van der Waals surface area contributed by atoms with Gasteiger partial charge < -0.3 is 4.90 Å². The van der Waals surface area contributed by atoms with Crippen LogP contribution in [0.5, 0.6) is 0 Å². The number of aryl methyl sites for hydroxylation is 1. The fourth-order valence-corrected chi connectivity index (χ4v) is 2.34. The van der Waals surface area contributed by atoms with E-state index in [1.54, 1.807) is 0 Å². The summed E-state index contributed by atoms with van der Waals surface area (Å²) in [6, 6.07) is 3.68. The molecule has 2 aromatic rings. The molecular weight excluding hydrogens is 264 g/mol. The Hall–Kier alpha value is -1.91. The van der Waals surface area contributed by atoms with Crippen LogP contribution in [0.1, 0.15) is 55.7 Å². The Bertz CT molecular complexity index is 597. The number of aromatic nitrogens is 3. The predicted molar refractivity (Wildman–Crippen MR) is 83.4 cm³/mol.